The number of aromatic nitrogens is 1. The maximum absolute atomic E-state index is 12.3. The molecule has 0 bridgehead atoms. The van der Waals surface area contributed by atoms with Crippen LogP contribution in [-0.4, -0.2) is 13.4 Å². The quantitative estimate of drug-likeness (QED) is 0.532. The number of pyridine rings is 1. The van der Waals surface area contributed by atoms with Gasteiger partial charge in [-0.25, -0.2) is 13.4 Å². The van der Waals surface area contributed by atoms with E-state index in [2.05, 4.69) is 9.71 Å². The number of halogens is 2. The average Bonchev–Trinajstić information content (AvgIpc) is 2.39. The second-order valence-corrected chi connectivity index (χ2v) is 7.11. The van der Waals surface area contributed by atoms with E-state index >= 15 is 0 Å². The number of sulfonamides is 1. The zero-order chi connectivity index (χ0) is 14.8. The van der Waals surface area contributed by atoms with Crippen LogP contribution in [0.5, 0.6) is 0 Å². The molecular weight excluding hydrogens is 319 g/mol. The Balaban J connectivity index is 2.33. The molecule has 2 aromatic rings. The molecule has 1 aromatic carbocycles. The Morgan fingerprint density at radius 3 is 2.45 bits per heavy atom. The molecule has 1 N–H and O–H groups in total. The van der Waals surface area contributed by atoms with Crippen molar-refractivity contribution >= 4 is 33.2 Å². The molecule has 7 heteroatoms. The molecular formula is C13H12Cl2N2O2S. The molecule has 0 aliphatic carbocycles. The molecule has 106 valence electrons. The lowest BCUT2D eigenvalue weighted by Crippen LogP contribution is -2.38. The Morgan fingerprint density at radius 2 is 1.85 bits per heavy atom. The van der Waals surface area contributed by atoms with Crippen LogP contribution in [0.2, 0.25) is 5.15 Å². The fourth-order valence-corrected chi connectivity index (χ4v) is 3.52. The highest BCUT2D eigenvalue weighted by atomic mass is 35.5. The number of hydrogen-bond donors (Lipinski definition) is 1. The predicted octanol–water partition coefficient (Wildman–Crippen LogP) is 3.13. The molecule has 2 rings (SSSR count). The minimum atomic E-state index is -3.72. The molecule has 20 heavy (non-hydrogen) atoms. The second kappa shape index (κ2) is 5.69. The summed E-state index contributed by atoms with van der Waals surface area (Å²) in [6, 6.07) is 11.1. The molecule has 0 fully saturated rings. The molecule has 1 heterocycles. The molecule has 4 nitrogen and oxygen atoms in total. The summed E-state index contributed by atoms with van der Waals surface area (Å²) >= 11 is 12.1. The highest BCUT2D eigenvalue weighted by Crippen LogP contribution is 2.28. The van der Waals surface area contributed by atoms with Gasteiger partial charge in [0.25, 0.3) is 0 Å². The Morgan fingerprint density at radius 1 is 1.20 bits per heavy atom. The number of alkyl halides is 1. The van der Waals surface area contributed by atoms with Crippen molar-refractivity contribution in [2.75, 3.05) is 0 Å². The van der Waals surface area contributed by atoms with Gasteiger partial charge in [0.15, 0.2) is 0 Å². The van der Waals surface area contributed by atoms with Crippen molar-refractivity contribution in [1.29, 1.82) is 0 Å². The Kier molecular flexibility index (Phi) is 4.34. The van der Waals surface area contributed by atoms with E-state index in [9.17, 15) is 8.42 Å². The van der Waals surface area contributed by atoms with E-state index in [4.69, 9.17) is 23.2 Å². The van der Waals surface area contributed by atoms with Crippen molar-refractivity contribution in [2.24, 2.45) is 0 Å². The van der Waals surface area contributed by atoms with Crippen LogP contribution in [0.25, 0.3) is 0 Å². The number of nitrogens with zero attached hydrogens (tertiary/aromatic N) is 1. The third kappa shape index (κ3) is 3.49. The standard InChI is InChI=1S/C13H12Cl2N2O2S/c1-13(15,10-7-8-16-12(14)9-10)17-20(18,19)11-5-3-2-4-6-11/h2-9,17H,1H3. The molecule has 1 unspecified atom stereocenters. The number of rotatable bonds is 4. The van der Waals surface area contributed by atoms with Gasteiger partial charge in [-0.15, -0.1) is 0 Å². The third-order valence-corrected chi connectivity index (χ3v) is 4.85. The van der Waals surface area contributed by atoms with Crippen LogP contribution in [-0.2, 0) is 15.0 Å². The summed E-state index contributed by atoms with van der Waals surface area (Å²) in [7, 11) is -3.72. The maximum atomic E-state index is 12.3. The lowest BCUT2D eigenvalue weighted by atomic mass is 10.1. The van der Waals surface area contributed by atoms with E-state index < -0.39 is 15.0 Å². The minimum absolute atomic E-state index is 0.145. The predicted molar refractivity (Wildman–Crippen MR) is 79.2 cm³/mol. The van der Waals surface area contributed by atoms with E-state index in [1.165, 1.54) is 24.4 Å². The van der Waals surface area contributed by atoms with Gasteiger partial charge in [0.2, 0.25) is 10.0 Å². The summed E-state index contributed by atoms with van der Waals surface area (Å²) in [4.78, 5) is 2.66. The van der Waals surface area contributed by atoms with Gasteiger partial charge in [-0.05, 0) is 36.8 Å². The van der Waals surface area contributed by atoms with E-state index in [0.717, 1.165) is 0 Å². The first-order valence-corrected chi connectivity index (χ1v) is 7.95. The van der Waals surface area contributed by atoms with Crippen LogP contribution >= 0.6 is 23.2 Å². The lowest BCUT2D eigenvalue weighted by molar-refractivity contribution is 0.548. The summed E-state index contributed by atoms with van der Waals surface area (Å²) in [5.74, 6) is 0. The molecule has 0 radical (unpaired) electrons. The molecule has 0 saturated carbocycles. The van der Waals surface area contributed by atoms with Crippen LogP contribution in [0.1, 0.15) is 12.5 Å². The normalized spacial score (nSPS) is 14.8. The van der Waals surface area contributed by atoms with Crippen LogP contribution in [0.15, 0.2) is 53.6 Å². The SMILES string of the molecule is CC(Cl)(NS(=O)(=O)c1ccccc1)c1ccnc(Cl)c1. The van der Waals surface area contributed by atoms with Crippen molar-refractivity contribution in [3.8, 4) is 0 Å². The van der Waals surface area contributed by atoms with Gasteiger partial charge < -0.3 is 0 Å². The molecule has 1 atom stereocenters. The van der Waals surface area contributed by atoms with Crippen molar-refractivity contribution in [3.05, 3.63) is 59.4 Å². The highest BCUT2D eigenvalue weighted by molar-refractivity contribution is 7.89. The van der Waals surface area contributed by atoms with Gasteiger partial charge in [0.1, 0.15) is 10.2 Å². The second-order valence-electron chi connectivity index (χ2n) is 4.29. The Bertz CT molecular complexity index is 703. The summed E-state index contributed by atoms with van der Waals surface area (Å²) in [5, 5.41) is 0.244. The summed E-state index contributed by atoms with van der Waals surface area (Å²) in [6.45, 7) is 1.54. The third-order valence-electron chi connectivity index (χ3n) is 2.65. The van der Waals surface area contributed by atoms with E-state index in [1.54, 1.807) is 31.2 Å². The summed E-state index contributed by atoms with van der Waals surface area (Å²) < 4.78 is 27.0. The molecule has 0 saturated heterocycles. The van der Waals surface area contributed by atoms with Crippen molar-refractivity contribution in [1.82, 2.24) is 9.71 Å². The average molecular weight is 331 g/mol. The smallest absolute Gasteiger partial charge is 0.242 e. The van der Waals surface area contributed by atoms with Gasteiger partial charge in [0, 0.05) is 6.20 Å². The summed E-state index contributed by atoms with van der Waals surface area (Å²) in [6.07, 6.45) is 1.47. The number of nitrogens with one attached hydrogen (secondary N) is 1. The topological polar surface area (TPSA) is 59.1 Å². The molecule has 1 aromatic heterocycles. The highest BCUT2D eigenvalue weighted by Gasteiger charge is 2.30. The van der Waals surface area contributed by atoms with Crippen molar-refractivity contribution < 1.29 is 8.42 Å². The first-order chi connectivity index (χ1) is 9.31. The van der Waals surface area contributed by atoms with Crippen LogP contribution < -0.4 is 4.72 Å². The van der Waals surface area contributed by atoms with E-state index in [-0.39, 0.29) is 10.0 Å². The molecule has 0 spiro atoms. The van der Waals surface area contributed by atoms with Gasteiger partial charge in [-0.3, -0.25) is 0 Å². The number of benzene rings is 1. The molecule has 0 aliphatic heterocycles. The van der Waals surface area contributed by atoms with E-state index in [0.29, 0.717) is 5.56 Å². The minimum Gasteiger partial charge on any atom is -0.245 e. The van der Waals surface area contributed by atoms with Crippen LogP contribution in [0, 0.1) is 0 Å². The monoisotopic (exact) mass is 330 g/mol. The molecule has 0 aliphatic rings. The van der Waals surface area contributed by atoms with Crippen molar-refractivity contribution in [3.63, 3.8) is 0 Å². The Labute approximate surface area is 127 Å². The lowest BCUT2D eigenvalue weighted by Gasteiger charge is -2.24. The van der Waals surface area contributed by atoms with Gasteiger partial charge in [-0.1, -0.05) is 41.4 Å². The van der Waals surface area contributed by atoms with Crippen LogP contribution in [0.4, 0.5) is 0 Å². The van der Waals surface area contributed by atoms with Crippen LogP contribution in [0.3, 0.4) is 0 Å². The first kappa shape index (κ1) is 15.3. The maximum Gasteiger partial charge on any atom is 0.242 e. The van der Waals surface area contributed by atoms with Gasteiger partial charge in [-0.2, -0.15) is 4.72 Å². The first-order valence-electron chi connectivity index (χ1n) is 5.71. The zero-order valence-electron chi connectivity index (χ0n) is 10.5. The Hall–Kier alpha value is -1.14. The fraction of sp³-hybridized carbons (Fsp3) is 0.154. The van der Waals surface area contributed by atoms with E-state index in [1.807, 2.05) is 0 Å². The number of hydrogen-bond acceptors (Lipinski definition) is 3. The van der Waals surface area contributed by atoms with Crippen molar-refractivity contribution in [2.45, 2.75) is 16.8 Å². The molecule has 0 amide bonds. The largest absolute Gasteiger partial charge is 0.245 e. The fourth-order valence-electron chi connectivity index (χ4n) is 1.66. The summed E-state index contributed by atoms with van der Waals surface area (Å²) in [5.41, 5.74) is 0.513. The van der Waals surface area contributed by atoms with Gasteiger partial charge in [0.05, 0.1) is 4.90 Å². The van der Waals surface area contributed by atoms with Gasteiger partial charge >= 0.3 is 0 Å². The zero-order valence-corrected chi connectivity index (χ0v) is 12.9.